The van der Waals surface area contributed by atoms with Gasteiger partial charge in [0, 0.05) is 25.2 Å². The summed E-state index contributed by atoms with van der Waals surface area (Å²) < 4.78 is 0. The molecule has 2 atom stereocenters. The van der Waals surface area contributed by atoms with Crippen LogP contribution in [0.25, 0.3) is 0 Å². The van der Waals surface area contributed by atoms with E-state index >= 15 is 0 Å². The summed E-state index contributed by atoms with van der Waals surface area (Å²) in [5.41, 5.74) is 0. The minimum absolute atomic E-state index is 0.602. The molecule has 1 rings (SSSR count). The molecule has 0 aromatic rings. The molecule has 1 aliphatic rings. The van der Waals surface area contributed by atoms with E-state index in [0.29, 0.717) is 12.1 Å². The molecule has 78 valence electrons. The second kappa shape index (κ2) is 5.58. The van der Waals surface area contributed by atoms with Crippen LogP contribution in [0.2, 0.25) is 0 Å². The average molecular weight is 185 g/mol. The first kappa shape index (κ1) is 11.0. The molecule has 0 spiro atoms. The van der Waals surface area contributed by atoms with Gasteiger partial charge in [-0.25, -0.2) is 0 Å². The minimum atomic E-state index is 0.602. The highest BCUT2D eigenvalue weighted by Crippen LogP contribution is 2.01. The summed E-state index contributed by atoms with van der Waals surface area (Å²) in [6.07, 6.45) is 1.28. The van der Waals surface area contributed by atoms with Crippen LogP contribution >= 0.6 is 0 Å². The van der Waals surface area contributed by atoms with Crippen molar-refractivity contribution in [2.75, 3.05) is 33.2 Å². The van der Waals surface area contributed by atoms with E-state index in [0.717, 1.165) is 0 Å². The zero-order chi connectivity index (χ0) is 9.68. The van der Waals surface area contributed by atoms with E-state index in [1.54, 1.807) is 0 Å². The standard InChI is InChI=1S/C10H23N3/c1-9(11-3)7-13-6-4-5-12-10(2)8-13/h9-12H,4-8H2,1-3H3. The molecule has 0 bridgehead atoms. The Morgan fingerprint density at radius 2 is 2.38 bits per heavy atom. The molecular weight excluding hydrogens is 162 g/mol. The monoisotopic (exact) mass is 185 g/mol. The molecule has 3 nitrogen and oxygen atoms in total. The highest BCUT2D eigenvalue weighted by molar-refractivity contribution is 4.75. The van der Waals surface area contributed by atoms with Gasteiger partial charge in [-0.1, -0.05) is 0 Å². The molecule has 13 heavy (non-hydrogen) atoms. The van der Waals surface area contributed by atoms with Crippen LogP contribution in [0, 0.1) is 0 Å². The Bertz CT molecular complexity index is 138. The second-order valence-corrected chi connectivity index (χ2v) is 4.16. The highest BCUT2D eigenvalue weighted by Gasteiger charge is 2.14. The molecule has 0 amide bonds. The lowest BCUT2D eigenvalue weighted by atomic mass is 10.2. The van der Waals surface area contributed by atoms with E-state index < -0.39 is 0 Å². The average Bonchev–Trinajstić information content (AvgIpc) is 2.30. The summed E-state index contributed by atoms with van der Waals surface area (Å²) in [6.45, 7) is 9.27. The van der Waals surface area contributed by atoms with Gasteiger partial charge in [-0.2, -0.15) is 0 Å². The van der Waals surface area contributed by atoms with E-state index in [1.165, 1.54) is 32.6 Å². The van der Waals surface area contributed by atoms with Gasteiger partial charge in [0.1, 0.15) is 0 Å². The van der Waals surface area contributed by atoms with Gasteiger partial charge >= 0.3 is 0 Å². The van der Waals surface area contributed by atoms with Crippen LogP contribution in [-0.4, -0.2) is 50.2 Å². The molecule has 0 aromatic heterocycles. The Kier molecular flexibility index (Phi) is 4.70. The van der Waals surface area contributed by atoms with E-state index in [2.05, 4.69) is 29.4 Å². The molecule has 1 saturated heterocycles. The Morgan fingerprint density at radius 1 is 1.62 bits per heavy atom. The van der Waals surface area contributed by atoms with Gasteiger partial charge in [0.05, 0.1) is 0 Å². The SMILES string of the molecule is CNC(C)CN1CCCNC(C)C1. The van der Waals surface area contributed by atoms with Gasteiger partial charge in [0.15, 0.2) is 0 Å². The first-order chi connectivity index (χ1) is 6.22. The van der Waals surface area contributed by atoms with Crippen molar-refractivity contribution in [2.45, 2.75) is 32.4 Å². The summed E-state index contributed by atoms with van der Waals surface area (Å²) in [4.78, 5) is 2.55. The van der Waals surface area contributed by atoms with Crippen molar-refractivity contribution >= 4 is 0 Å². The molecule has 0 radical (unpaired) electrons. The van der Waals surface area contributed by atoms with Crippen molar-refractivity contribution in [3.63, 3.8) is 0 Å². The number of hydrogen-bond acceptors (Lipinski definition) is 3. The smallest absolute Gasteiger partial charge is 0.0166 e. The zero-order valence-electron chi connectivity index (χ0n) is 9.14. The zero-order valence-corrected chi connectivity index (χ0v) is 9.14. The topological polar surface area (TPSA) is 27.3 Å². The van der Waals surface area contributed by atoms with Crippen LogP contribution in [-0.2, 0) is 0 Å². The lowest BCUT2D eigenvalue weighted by molar-refractivity contribution is 0.250. The fourth-order valence-electron chi connectivity index (χ4n) is 1.84. The third-order valence-electron chi connectivity index (χ3n) is 2.70. The third-order valence-corrected chi connectivity index (χ3v) is 2.70. The molecule has 1 heterocycles. The van der Waals surface area contributed by atoms with E-state index in [1.807, 2.05) is 7.05 Å². The van der Waals surface area contributed by atoms with E-state index in [9.17, 15) is 0 Å². The van der Waals surface area contributed by atoms with Crippen molar-refractivity contribution < 1.29 is 0 Å². The van der Waals surface area contributed by atoms with Gasteiger partial charge in [0.25, 0.3) is 0 Å². The first-order valence-corrected chi connectivity index (χ1v) is 5.35. The van der Waals surface area contributed by atoms with Crippen LogP contribution in [0.1, 0.15) is 20.3 Å². The van der Waals surface area contributed by atoms with E-state index in [4.69, 9.17) is 0 Å². The Morgan fingerprint density at radius 3 is 3.08 bits per heavy atom. The predicted molar refractivity (Wildman–Crippen MR) is 57.0 cm³/mol. The minimum Gasteiger partial charge on any atom is -0.316 e. The molecule has 1 fully saturated rings. The van der Waals surface area contributed by atoms with Gasteiger partial charge in [0.2, 0.25) is 0 Å². The van der Waals surface area contributed by atoms with Gasteiger partial charge < -0.3 is 15.5 Å². The molecule has 0 aliphatic carbocycles. The number of hydrogen-bond donors (Lipinski definition) is 2. The fraction of sp³-hybridized carbons (Fsp3) is 1.00. The Hall–Kier alpha value is -0.120. The quantitative estimate of drug-likeness (QED) is 0.661. The summed E-state index contributed by atoms with van der Waals surface area (Å²) in [6, 6.07) is 1.25. The predicted octanol–water partition coefficient (Wildman–Crippen LogP) is 0.278. The maximum absolute atomic E-state index is 3.50. The van der Waals surface area contributed by atoms with Crippen LogP contribution in [0.15, 0.2) is 0 Å². The lowest BCUT2D eigenvalue weighted by Crippen LogP contribution is -2.41. The summed E-state index contributed by atoms with van der Waals surface area (Å²) in [7, 11) is 2.03. The Balaban J connectivity index is 2.30. The van der Waals surface area contributed by atoms with Gasteiger partial charge in [-0.15, -0.1) is 0 Å². The molecule has 1 aliphatic heterocycles. The maximum Gasteiger partial charge on any atom is 0.0166 e. The van der Waals surface area contributed by atoms with Crippen molar-refractivity contribution in [1.29, 1.82) is 0 Å². The largest absolute Gasteiger partial charge is 0.316 e. The van der Waals surface area contributed by atoms with Gasteiger partial charge in [-0.3, -0.25) is 0 Å². The van der Waals surface area contributed by atoms with Crippen LogP contribution in [0.5, 0.6) is 0 Å². The molecule has 3 heteroatoms. The fourth-order valence-corrected chi connectivity index (χ4v) is 1.84. The van der Waals surface area contributed by atoms with Crippen molar-refractivity contribution in [3.8, 4) is 0 Å². The van der Waals surface area contributed by atoms with Crippen molar-refractivity contribution in [2.24, 2.45) is 0 Å². The van der Waals surface area contributed by atoms with Crippen LogP contribution in [0.4, 0.5) is 0 Å². The first-order valence-electron chi connectivity index (χ1n) is 5.35. The number of likely N-dealkylation sites (N-methyl/N-ethyl adjacent to an activating group) is 1. The third kappa shape index (κ3) is 4.07. The lowest BCUT2D eigenvalue weighted by Gasteiger charge is -2.25. The summed E-state index contributed by atoms with van der Waals surface area (Å²) in [5.74, 6) is 0. The number of nitrogens with one attached hydrogen (secondary N) is 2. The molecular formula is C10H23N3. The second-order valence-electron chi connectivity index (χ2n) is 4.16. The van der Waals surface area contributed by atoms with Gasteiger partial charge in [-0.05, 0) is 40.4 Å². The maximum atomic E-state index is 3.50. The number of rotatable bonds is 3. The van der Waals surface area contributed by atoms with Crippen LogP contribution in [0.3, 0.4) is 0 Å². The number of nitrogens with zero attached hydrogens (tertiary/aromatic N) is 1. The molecule has 2 N–H and O–H groups in total. The molecule has 2 unspecified atom stereocenters. The van der Waals surface area contributed by atoms with Crippen LogP contribution < -0.4 is 10.6 Å². The van der Waals surface area contributed by atoms with E-state index in [-0.39, 0.29) is 0 Å². The summed E-state index contributed by atoms with van der Waals surface area (Å²) in [5, 5.41) is 6.79. The van der Waals surface area contributed by atoms with Crippen molar-refractivity contribution in [3.05, 3.63) is 0 Å². The molecule has 0 aromatic carbocycles. The Labute approximate surface area is 81.9 Å². The highest BCUT2D eigenvalue weighted by atomic mass is 15.2. The van der Waals surface area contributed by atoms with Crippen molar-refractivity contribution in [1.82, 2.24) is 15.5 Å². The summed E-state index contributed by atoms with van der Waals surface area (Å²) >= 11 is 0. The molecule has 0 saturated carbocycles. The normalized spacial score (nSPS) is 28.4.